The quantitative estimate of drug-likeness (QED) is 0.813. The van der Waals surface area contributed by atoms with E-state index in [-0.39, 0.29) is 0 Å². The van der Waals surface area contributed by atoms with Crippen molar-refractivity contribution in [2.75, 3.05) is 26.3 Å². The topological polar surface area (TPSA) is 42.4 Å². The number of ether oxygens (including phenoxy) is 1. The van der Waals surface area contributed by atoms with Crippen LogP contribution in [0.4, 0.5) is 0 Å². The van der Waals surface area contributed by atoms with E-state index in [1.165, 1.54) is 22.8 Å². The van der Waals surface area contributed by atoms with Gasteiger partial charge < -0.3 is 9.64 Å². The Kier molecular flexibility index (Phi) is 6.03. The zero-order valence-electron chi connectivity index (χ0n) is 16.1. The highest BCUT2D eigenvalue weighted by molar-refractivity contribution is 5.84. The summed E-state index contributed by atoms with van der Waals surface area (Å²) in [6.45, 7) is 3.47. The molecule has 144 valence electrons. The van der Waals surface area contributed by atoms with Gasteiger partial charge in [0.1, 0.15) is 0 Å². The van der Waals surface area contributed by atoms with E-state index in [0.29, 0.717) is 24.2 Å². The fraction of sp³-hybridized carbons (Fsp3) is 0.565. The maximum atomic E-state index is 12.7. The third-order valence-corrected chi connectivity index (χ3v) is 6.26. The summed E-state index contributed by atoms with van der Waals surface area (Å²) in [4.78, 5) is 19.3. The van der Waals surface area contributed by atoms with E-state index >= 15 is 0 Å². The first-order valence-corrected chi connectivity index (χ1v) is 10.5. The average Bonchev–Trinajstić information content (AvgIpc) is 2.95. The summed E-state index contributed by atoms with van der Waals surface area (Å²) in [6.07, 6.45) is 11.2. The molecule has 0 N–H and O–H groups in total. The van der Waals surface area contributed by atoms with E-state index in [0.717, 1.165) is 58.4 Å². The Hall–Kier alpha value is -1.94. The SMILES string of the molecule is O=C(CC1CCOCC1)N1CCCC(Cc2cncc3ccccc23)CC1. The lowest BCUT2D eigenvalue weighted by Gasteiger charge is -2.26. The molecule has 2 saturated heterocycles. The molecular formula is C23H30N2O2. The smallest absolute Gasteiger partial charge is 0.222 e. The third-order valence-electron chi connectivity index (χ3n) is 6.26. The largest absolute Gasteiger partial charge is 0.381 e. The number of aromatic nitrogens is 1. The van der Waals surface area contributed by atoms with Gasteiger partial charge in [0.05, 0.1) is 0 Å². The molecule has 3 heterocycles. The van der Waals surface area contributed by atoms with Crippen molar-refractivity contribution in [3.63, 3.8) is 0 Å². The van der Waals surface area contributed by atoms with Crippen LogP contribution in [0.15, 0.2) is 36.7 Å². The Morgan fingerprint density at radius 3 is 2.78 bits per heavy atom. The van der Waals surface area contributed by atoms with Gasteiger partial charge in [-0.25, -0.2) is 0 Å². The van der Waals surface area contributed by atoms with Gasteiger partial charge in [-0.1, -0.05) is 24.3 Å². The number of rotatable bonds is 4. The first kappa shape index (κ1) is 18.4. The van der Waals surface area contributed by atoms with E-state index in [9.17, 15) is 4.79 Å². The molecule has 1 amide bonds. The summed E-state index contributed by atoms with van der Waals surface area (Å²) in [5, 5.41) is 2.54. The lowest BCUT2D eigenvalue weighted by atomic mass is 9.91. The Bertz CT molecular complexity index is 765. The van der Waals surface area contributed by atoms with Gasteiger partial charge in [0.25, 0.3) is 0 Å². The van der Waals surface area contributed by atoms with Crippen LogP contribution in [0.1, 0.15) is 44.1 Å². The van der Waals surface area contributed by atoms with Gasteiger partial charge in [0.2, 0.25) is 5.91 Å². The lowest BCUT2D eigenvalue weighted by Crippen LogP contribution is -2.34. The van der Waals surface area contributed by atoms with Gasteiger partial charge in [-0.15, -0.1) is 0 Å². The number of carbonyl (C=O) groups excluding carboxylic acids is 1. The van der Waals surface area contributed by atoms with Crippen LogP contribution in [0.5, 0.6) is 0 Å². The predicted octanol–water partition coefficient (Wildman–Crippen LogP) is 4.22. The van der Waals surface area contributed by atoms with Crippen molar-refractivity contribution >= 4 is 16.7 Å². The molecule has 4 rings (SSSR count). The molecule has 2 aliphatic heterocycles. The minimum atomic E-state index is 0.356. The summed E-state index contributed by atoms with van der Waals surface area (Å²) in [7, 11) is 0. The monoisotopic (exact) mass is 366 g/mol. The van der Waals surface area contributed by atoms with Gasteiger partial charge >= 0.3 is 0 Å². The van der Waals surface area contributed by atoms with Crippen molar-refractivity contribution in [1.29, 1.82) is 0 Å². The summed E-state index contributed by atoms with van der Waals surface area (Å²) in [6, 6.07) is 8.51. The Morgan fingerprint density at radius 2 is 1.89 bits per heavy atom. The molecule has 4 heteroatoms. The predicted molar refractivity (Wildman–Crippen MR) is 108 cm³/mol. The lowest BCUT2D eigenvalue weighted by molar-refractivity contribution is -0.132. The molecule has 0 bridgehead atoms. The van der Waals surface area contributed by atoms with Crippen LogP contribution in [0.2, 0.25) is 0 Å². The molecule has 1 atom stereocenters. The molecule has 0 aliphatic carbocycles. The van der Waals surface area contributed by atoms with Crippen molar-refractivity contribution < 1.29 is 9.53 Å². The summed E-state index contributed by atoms with van der Waals surface area (Å²) >= 11 is 0. The standard InChI is InChI=1S/C23H30N2O2/c26-23(15-19-8-12-27-13-9-19)25-10-3-4-18(7-11-25)14-21-17-24-16-20-5-1-2-6-22(20)21/h1-2,5-6,16-19H,3-4,7-15H2. The highest BCUT2D eigenvalue weighted by atomic mass is 16.5. The van der Waals surface area contributed by atoms with Crippen LogP contribution in [0.25, 0.3) is 10.8 Å². The summed E-state index contributed by atoms with van der Waals surface area (Å²) in [5.74, 6) is 1.51. The number of fused-ring (bicyclic) bond motifs is 1. The zero-order chi connectivity index (χ0) is 18.5. The molecule has 0 radical (unpaired) electrons. The second kappa shape index (κ2) is 8.83. The van der Waals surface area contributed by atoms with Crippen LogP contribution >= 0.6 is 0 Å². The Labute approximate surface area is 161 Å². The van der Waals surface area contributed by atoms with Crippen molar-refractivity contribution in [2.45, 2.75) is 44.9 Å². The van der Waals surface area contributed by atoms with E-state index in [4.69, 9.17) is 4.74 Å². The fourth-order valence-electron chi connectivity index (χ4n) is 4.60. The van der Waals surface area contributed by atoms with Crippen molar-refractivity contribution in [1.82, 2.24) is 9.88 Å². The van der Waals surface area contributed by atoms with Crippen LogP contribution in [-0.2, 0) is 16.0 Å². The Balaban J connectivity index is 1.34. The number of amides is 1. The average molecular weight is 367 g/mol. The van der Waals surface area contributed by atoms with Gasteiger partial charge in [-0.2, -0.15) is 0 Å². The van der Waals surface area contributed by atoms with Crippen LogP contribution < -0.4 is 0 Å². The number of likely N-dealkylation sites (tertiary alicyclic amines) is 1. The number of pyridine rings is 1. The number of nitrogens with zero attached hydrogens (tertiary/aromatic N) is 2. The molecule has 2 fully saturated rings. The third kappa shape index (κ3) is 4.67. The number of carbonyl (C=O) groups is 1. The van der Waals surface area contributed by atoms with E-state index in [1.54, 1.807) is 0 Å². The molecule has 0 saturated carbocycles. The van der Waals surface area contributed by atoms with Crippen LogP contribution in [0.3, 0.4) is 0 Å². The second-order valence-corrected chi connectivity index (χ2v) is 8.16. The van der Waals surface area contributed by atoms with Gasteiger partial charge in [-0.05, 0) is 61.3 Å². The molecular weight excluding hydrogens is 336 g/mol. The minimum Gasteiger partial charge on any atom is -0.381 e. The number of benzene rings is 1. The van der Waals surface area contributed by atoms with Gasteiger partial charge in [-0.3, -0.25) is 9.78 Å². The van der Waals surface area contributed by atoms with Gasteiger partial charge in [0, 0.05) is 50.5 Å². The highest BCUT2D eigenvalue weighted by Gasteiger charge is 2.24. The minimum absolute atomic E-state index is 0.356. The second-order valence-electron chi connectivity index (χ2n) is 8.16. The molecule has 4 nitrogen and oxygen atoms in total. The molecule has 0 spiro atoms. The fourth-order valence-corrected chi connectivity index (χ4v) is 4.60. The maximum Gasteiger partial charge on any atom is 0.222 e. The molecule has 1 aromatic carbocycles. The first-order chi connectivity index (χ1) is 13.3. The van der Waals surface area contributed by atoms with E-state index < -0.39 is 0 Å². The van der Waals surface area contributed by atoms with Gasteiger partial charge in [0.15, 0.2) is 0 Å². The normalized spacial score (nSPS) is 21.9. The molecule has 1 unspecified atom stereocenters. The first-order valence-electron chi connectivity index (χ1n) is 10.5. The molecule has 1 aromatic heterocycles. The molecule has 2 aliphatic rings. The van der Waals surface area contributed by atoms with Crippen molar-refractivity contribution in [3.05, 3.63) is 42.2 Å². The van der Waals surface area contributed by atoms with E-state index in [2.05, 4.69) is 34.1 Å². The van der Waals surface area contributed by atoms with E-state index in [1.807, 2.05) is 12.4 Å². The van der Waals surface area contributed by atoms with Crippen LogP contribution in [0, 0.1) is 11.8 Å². The molecule has 2 aromatic rings. The van der Waals surface area contributed by atoms with Crippen molar-refractivity contribution in [3.8, 4) is 0 Å². The summed E-state index contributed by atoms with van der Waals surface area (Å²) < 4.78 is 5.42. The maximum absolute atomic E-state index is 12.7. The zero-order valence-corrected chi connectivity index (χ0v) is 16.1. The highest BCUT2D eigenvalue weighted by Crippen LogP contribution is 2.27. The molecule has 27 heavy (non-hydrogen) atoms. The summed E-state index contributed by atoms with van der Waals surface area (Å²) in [5.41, 5.74) is 1.35. The van der Waals surface area contributed by atoms with Crippen LogP contribution in [-0.4, -0.2) is 42.1 Å². The van der Waals surface area contributed by atoms with Crippen molar-refractivity contribution in [2.24, 2.45) is 11.8 Å². The number of hydrogen-bond acceptors (Lipinski definition) is 3. The Morgan fingerprint density at radius 1 is 1.04 bits per heavy atom. The number of hydrogen-bond donors (Lipinski definition) is 0.